The van der Waals surface area contributed by atoms with Gasteiger partial charge in [-0.3, -0.25) is 9.69 Å². The Balaban J connectivity index is 1.26. The molecule has 27 heavy (non-hydrogen) atoms. The van der Waals surface area contributed by atoms with Crippen molar-refractivity contribution in [2.75, 3.05) is 45.9 Å². The highest BCUT2D eigenvalue weighted by Gasteiger charge is 2.25. The SMILES string of the molecule is O=C(C1=Cc2ccccc2OC1)N1CCN(CCOc2ccccc2)CC1. The summed E-state index contributed by atoms with van der Waals surface area (Å²) in [5.41, 5.74) is 1.71. The molecule has 5 nitrogen and oxygen atoms in total. The number of rotatable bonds is 5. The second-order valence-electron chi connectivity index (χ2n) is 6.79. The third kappa shape index (κ3) is 4.31. The molecule has 1 saturated heterocycles. The first kappa shape index (κ1) is 17.6. The summed E-state index contributed by atoms with van der Waals surface area (Å²) in [7, 11) is 0. The first-order valence-electron chi connectivity index (χ1n) is 9.41. The van der Waals surface area contributed by atoms with E-state index in [2.05, 4.69) is 4.90 Å². The van der Waals surface area contributed by atoms with Crippen molar-refractivity contribution in [1.82, 2.24) is 9.80 Å². The average molecular weight is 364 g/mol. The van der Waals surface area contributed by atoms with Crippen LogP contribution >= 0.6 is 0 Å². The second kappa shape index (κ2) is 8.27. The highest BCUT2D eigenvalue weighted by molar-refractivity contribution is 5.99. The van der Waals surface area contributed by atoms with Gasteiger partial charge in [-0.05, 0) is 24.3 Å². The molecule has 0 aliphatic carbocycles. The lowest BCUT2D eigenvalue weighted by Crippen LogP contribution is -2.50. The number of ether oxygens (including phenoxy) is 2. The van der Waals surface area contributed by atoms with E-state index in [1.165, 1.54) is 0 Å². The zero-order chi connectivity index (χ0) is 18.5. The molecule has 0 unspecified atom stereocenters. The Hall–Kier alpha value is -2.79. The summed E-state index contributed by atoms with van der Waals surface area (Å²) < 4.78 is 11.5. The summed E-state index contributed by atoms with van der Waals surface area (Å²) >= 11 is 0. The van der Waals surface area contributed by atoms with Crippen molar-refractivity contribution in [3.63, 3.8) is 0 Å². The van der Waals surface area contributed by atoms with E-state index in [4.69, 9.17) is 9.47 Å². The molecule has 140 valence electrons. The molecular weight excluding hydrogens is 340 g/mol. The number of para-hydroxylation sites is 2. The van der Waals surface area contributed by atoms with Crippen LogP contribution in [-0.2, 0) is 4.79 Å². The summed E-state index contributed by atoms with van der Waals surface area (Å²) in [6.07, 6.45) is 1.96. The van der Waals surface area contributed by atoms with Gasteiger partial charge >= 0.3 is 0 Å². The maximum absolute atomic E-state index is 12.8. The fourth-order valence-electron chi connectivity index (χ4n) is 3.43. The van der Waals surface area contributed by atoms with Crippen molar-refractivity contribution in [3.05, 3.63) is 65.7 Å². The molecule has 2 heterocycles. The number of hydrogen-bond donors (Lipinski definition) is 0. The molecule has 0 spiro atoms. The largest absolute Gasteiger partial charge is 0.492 e. The number of benzene rings is 2. The molecule has 2 aliphatic heterocycles. The zero-order valence-electron chi connectivity index (χ0n) is 15.3. The normalized spacial score (nSPS) is 16.9. The minimum Gasteiger partial charge on any atom is -0.492 e. The first-order valence-corrected chi connectivity index (χ1v) is 9.41. The lowest BCUT2D eigenvalue weighted by atomic mass is 10.1. The lowest BCUT2D eigenvalue weighted by Gasteiger charge is -2.35. The van der Waals surface area contributed by atoms with E-state index < -0.39 is 0 Å². The van der Waals surface area contributed by atoms with E-state index in [0.29, 0.717) is 13.2 Å². The van der Waals surface area contributed by atoms with Gasteiger partial charge in [0.25, 0.3) is 5.91 Å². The number of nitrogens with zero attached hydrogens (tertiary/aromatic N) is 2. The first-order chi connectivity index (χ1) is 13.3. The molecule has 2 aliphatic rings. The van der Waals surface area contributed by atoms with Crippen LogP contribution in [0.1, 0.15) is 5.56 Å². The van der Waals surface area contributed by atoms with E-state index in [1.54, 1.807) is 0 Å². The van der Waals surface area contributed by atoms with Crippen molar-refractivity contribution in [2.45, 2.75) is 0 Å². The van der Waals surface area contributed by atoms with Gasteiger partial charge in [0.2, 0.25) is 0 Å². The Kier molecular flexibility index (Phi) is 5.39. The fourth-order valence-corrected chi connectivity index (χ4v) is 3.43. The maximum atomic E-state index is 12.8. The fraction of sp³-hybridized carbons (Fsp3) is 0.318. The highest BCUT2D eigenvalue weighted by atomic mass is 16.5. The van der Waals surface area contributed by atoms with Crippen molar-refractivity contribution in [3.8, 4) is 11.5 Å². The number of piperazine rings is 1. The predicted molar refractivity (Wildman–Crippen MR) is 105 cm³/mol. The number of carbonyl (C=O) groups is 1. The Bertz CT molecular complexity index is 811. The molecule has 4 rings (SSSR count). The van der Waals surface area contributed by atoms with Crippen LogP contribution in [0.4, 0.5) is 0 Å². The molecule has 5 heteroatoms. The van der Waals surface area contributed by atoms with Crippen molar-refractivity contribution in [2.24, 2.45) is 0 Å². The Morgan fingerprint density at radius 2 is 1.70 bits per heavy atom. The smallest absolute Gasteiger partial charge is 0.253 e. The van der Waals surface area contributed by atoms with Gasteiger partial charge in [0.1, 0.15) is 24.7 Å². The predicted octanol–water partition coefficient (Wildman–Crippen LogP) is 2.69. The monoisotopic (exact) mass is 364 g/mol. The topological polar surface area (TPSA) is 42.0 Å². The third-order valence-electron chi connectivity index (χ3n) is 4.99. The van der Waals surface area contributed by atoms with E-state index >= 15 is 0 Å². The molecule has 2 aromatic rings. The minimum atomic E-state index is 0.0877. The molecule has 2 aromatic carbocycles. The van der Waals surface area contributed by atoms with Crippen LogP contribution in [0.3, 0.4) is 0 Å². The number of fused-ring (bicyclic) bond motifs is 1. The zero-order valence-corrected chi connectivity index (χ0v) is 15.3. The van der Waals surface area contributed by atoms with Gasteiger partial charge in [0, 0.05) is 38.3 Å². The molecule has 0 atom stereocenters. The van der Waals surface area contributed by atoms with Crippen LogP contribution in [0, 0.1) is 0 Å². The molecule has 0 bridgehead atoms. The lowest BCUT2D eigenvalue weighted by molar-refractivity contribution is -0.129. The molecule has 0 N–H and O–H groups in total. The number of amides is 1. The van der Waals surface area contributed by atoms with Gasteiger partial charge in [0.05, 0.1) is 5.57 Å². The van der Waals surface area contributed by atoms with Crippen LogP contribution in [0.2, 0.25) is 0 Å². The van der Waals surface area contributed by atoms with Crippen LogP contribution in [0.25, 0.3) is 6.08 Å². The summed E-state index contributed by atoms with van der Waals surface area (Å²) in [4.78, 5) is 17.1. The van der Waals surface area contributed by atoms with E-state index in [9.17, 15) is 4.79 Å². The molecular formula is C22H24N2O3. The Morgan fingerprint density at radius 3 is 2.52 bits per heavy atom. The van der Waals surface area contributed by atoms with Gasteiger partial charge < -0.3 is 14.4 Å². The standard InChI is InChI=1S/C22H24N2O3/c25-22(19-16-18-6-4-5-9-21(18)27-17-19)24-12-10-23(11-13-24)14-15-26-20-7-2-1-3-8-20/h1-9,16H,10-15,17H2. The van der Waals surface area contributed by atoms with Crippen LogP contribution in [-0.4, -0.2) is 61.6 Å². The molecule has 0 aromatic heterocycles. The van der Waals surface area contributed by atoms with E-state index in [0.717, 1.165) is 55.4 Å². The van der Waals surface area contributed by atoms with E-state index in [-0.39, 0.29) is 5.91 Å². The Morgan fingerprint density at radius 1 is 0.963 bits per heavy atom. The summed E-state index contributed by atoms with van der Waals surface area (Å²) in [5, 5.41) is 0. The molecule has 1 amide bonds. The van der Waals surface area contributed by atoms with E-state index in [1.807, 2.05) is 65.6 Å². The number of hydrogen-bond acceptors (Lipinski definition) is 4. The van der Waals surface area contributed by atoms with Crippen LogP contribution in [0.15, 0.2) is 60.2 Å². The average Bonchev–Trinajstić information content (AvgIpc) is 2.74. The van der Waals surface area contributed by atoms with Crippen molar-refractivity contribution < 1.29 is 14.3 Å². The quantitative estimate of drug-likeness (QED) is 0.818. The van der Waals surface area contributed by atoms with Crippen LogP contribution in [0.5, 0.6) is 11.5 Å². The second-order valence-corrected chi connectivity index (χ2v) is 6.79. The summed E-state index contributed by atoms with van der Waals surface area (Å²) in [6, 6.07) is 17.7. The maximum Gasteiger partial charge on any atom is 0.253 e. The van der Waals surface area contributed by atoms with Gasteiger partial charge in [0.15, 0.2) is 0 Å². The number of carbonyl (C=O) groups excluding carboxylic acids is 1. The van der Waals surface area contributed by atoms with Gasteiger partial charge in [-0.2, -0.15) is 0 Å². The third-order valence-corrected chi connectivity index (χ3v) is 4.99. The highest BCUT2D eigenvalue weighted by Crippen LogP contribution is 2.26. The summed E-state index contributed by atoms with van der Waals surface area (Å²) in [5.74, 6) is 1.83. The molecule has 0 saturated carbocycles. The van der Waals surface area contributed by atoms with Crippen molar-refractivity contribution in [1.29, 1.82) is 0 Å². The van der Waals surface area contributed by atoms with Gasteiger partial charge in [-0.25, -0.2) is 0 Å². The minimum absolute atomic E-state index is 0.0877. The summed E-state index contributed by atoms with van der Waals surface area (Å²) in [6.45, 7) is 5.10. The molecule has 1 fully saturated rings. The Labute approximate surface area is 159 Å². The van der Waals surface area contributed by atoms with Crippen molar-refractivity contribution >= 4 is 12.0 Å². The molecule has 0 radical (unpaired) electrons. The van der Waals surface area contributed by atoms with Gasteiger partial charge in [-0.1, -0.05) is 36.4 Å². The van der Waals surface area contributed by atoms with Gasteiger partial charge in [-0.15, -0.1) is 0 Å². The van der Waals surface area contributed by atoms with Crippen LogP contribution < -0.4 is 9.47 Å².